The van der Waals surface area contributed by atoms with E-state index in [0.717, 1.165) is 16.6 Å². The number of methoxy groups -OCH3 is 1. The monoisotopic (exact) mass is 462 g/mol. The number of carbonyl (C=O) groups is 1. The first-order chi connectivity index (χ1) is 14.9. The van der Waals surface area contributed by atoms with Gasteiger partial charge in [-0.3, -0.25) is 9.78 Å². The van der Waals surface area contributed by atoms with E-state index >= 15 is 0 Å². The van der Waals surface area contributed by atoms with Crippen molar-refractivity contribution in [3.8, 4) is 5.75 Å². The van der Waals surface area contributed by atoms with Gasteiger partial charge in [0.15, 0.2) is 0 Å². The van der Waals surface area contributed by atoms with Crippen molar-refractivity contribution in [1.82, 2.24) is 15.0 Å². The molecule has 164 valence electrons. The molecule has 1 amide bonds. The molecule has 3 N–H and O–H groups in total. The fourth-order valence-corrected chi connectivity index (χ4v) is 4.42. The van der Waals surface area contributed by atoms with Crippen LogP contribution in [0.4, 0.5) is 5.69 Å². The van der Waals surface area contributed by atoms with Crippen molar-refractivity contribution in [2.75, 3.05) is 32.1 Å². The van der Waals surface area contributed by atoms with E-state index in [1.54, 1.807) is 25.3 Å². The highest BCUT2D eigenvalue weighted by Crippen LogP contribution is 2.26. The minimum Gasteiger partial charge on any atom is -0.495 e. The number of anilines is 1. The van der Waals surface area contributed by atoms with E-state index in [2.05, 4.69) is 20.3 Å². The summed E-state index contributed by atoms with van der Waals surface area (Å²) in [4.78, 5) is 16.3. The summed E-state index contributed by atoms with van der Waals surface area (Å²) >= 11 is 6.01. The molecule has 10 heteroatoms. The average molecular weight is 463 g/mol. The second-order valence-corrected chi connectivity index (χ2v) is 8.74. The normalized spacial score (nSPS) is 11.3. The van der Waals surface area contributed by atoms with Gasteiger partial charge in [0.25, 0.3) is 5.91 Å². The van der Waals surface area contributed by atoms with Gasteiger partial charge >= 0.3 is 0 Å². The van der Waals surface area contributed by atoms with E-state index in [0.29, 0.717) is 18.1 Å². The van der Waals surface area contributed by atoms with Crippen LogP contribution < -0.4 is 20.1 Å². The van der Waals surface area contributed by atoms with Crippen molar-refractivity contribution in [3.05, 3.63) is 59.2 Å². The van der Waals surface area contributed by atoms with Gasteiger partial charge in [0.2, 0.25) is 10.0 Å². The van der Waals surface area contributed by atoms with Crippen molar-refractivity contribution in [2.24, 2.45) is 0 Å². The van der Waals surface area contributed by atoms with Crippen LogP contribution in [0, 0.1) is 0 Å². The molecular weight excluding hydrogens is 440 g/mol. The second-order valence-electron chi connectivity index (χ2n) is 6.57. The number of aromatic nitrogens is 1. The van der Waals surface area contributed by atoms with Crippen LogP contribution in [0.15, 0.2) is 53.6 Å². The predicted octanol–water partition coefficient (Wildman–Crippen LogP) is 3.04. The van der Waals surface area contributed by atoms with Gasteiger partial charge in [0.1, 0.15) is 10.6 Å². The van der Waals surface area contributed by atoms with E-state index < -0.39 is 10.0 Å². The Labute approximate surface area is 186 Å². The second kappa shape index (κ2) is 9.95. The maximum atomic E-state index is 12.8. The average Bonchev–Trinajstić information content (AvgIpc) is 2.76. The van der Waals surface area contributed by atoms with E-state index in [1.807, 2.05) is 12.1 Å². The number of amides is 1. The van der Waals surface area contributed by atoms with E-state index in [4.69, 9.17) is 16.3 Å². The topological polar surface area (TPSA) is 109 Å². The lowest BCUT2D eigenvalue weighted by Crippen LogP contribution is -2.30. The maximum Gasteiger partial charge on any atom is 0.251 e. The van der Waals surface area contributed by atoms with Gasteiger partial charge in [-0.25, -0.2) is 13.1 Å². The largest absolute Gasteiger partial charge is 0.495 e. The molecule has 0 unspecified atom stereocenters. The predicted molar refractivity (Wildman–Crippen MR) is 121 cm³/mol. The third-order valence-electron chi connectivity index (χ3n) is 4.49. The van der Waals surface area contributed by atoms with Gasteiger partial charge in [-0.15, -0.1) is 0 Å². The molecule has 0 bridgehead atoms. The molecular formula is C21H23ClN4O4S. The fraction of sp³-hybridized carbons (Fsp3) is 0.238. The zero-order valence-corrected chi connectivity index (χ0v) is 18.7. The summed E-state index contributed by atoms with van der Waals surface area (Å²) in [6.07, 6.45) is 1.66. The Morgan fingerprint density at radius 3 is 2.68 bits per heavy atom. The lowest BCUT2D eigenvalue weighted by molar-refractivity contribution is 0.0955. The van der Waals surface area contributed by atoms with Crippen LogP contribution in [0.1, 0.15) is 17.3 Å². The molecule has 0 spiro atoms. The summed E-state index contributed by atoms with van der Waals surface area (Å²) in [5, 5.41) is 7.32. The Morgan fingerprint density at radius 2 is 1.94 bits per heavy atom. The van der Waals surface area contributed by atoms with Crippen LogP contribution in [0.5, 0.6) is 5.75 Å². The summed E-state index contributed by atoms with van der Waals surface area (Å²) in [6.45, 7) is 2.68. The minimum atomic E-state index is -3.90. The Bertz CT molecular complexity index is 1200. The number of nitrogens with one attached hydrogen (secondary N) is 3. The van der Waals surface area contributed by atoms with E-state index in [9.17, 15) is 13.2 Å². The summed E-state index contributed by atoms with van der Waals surface area (Å²) in [6, 6.07) is 11.5. The highest BCUT2D eigenvalue weighted by atomic mass is 35.5. The highest BCUT2D eigenvalue weighted by Gasteiger charge is 2.21. The lowest BCUT2D eigenvalue weighted by Gasteiger charge is -2.13. The van der Waals surface area contributed by atoms with Crippen LogP contribution in [-0.2, 0) is 10.0 Å². The molecule has 0 atom stereocenters. The number of ether oxygens (including phenoxy) is 1. The molecule has 3 aromatic rings. The summed E-state index contributed by atoms with van der Waals surface area (Å²) in [5.74, 6) is -0.196. The summed E-state index contributed by atoms with van der Waals surface area (Å²) in [5.41, 5.74) is 1.80. The fourth-order valence-electron chi connectivity index (χ4n) is 3.03. The molecule has 31 heavy (non-hydrogen) atoms. The number of carbonyl (C=O) groups excluding carboxylic acids is 1. The highest BCUT2D eigenvalue weighted by molar-refractivity contribution is 7.89. The first-order valence-electron chi connectivity index (χ1n) is 9.59. The van der Waals surface area contributed by atoms with Gasteiger partial charge in [0, 0.05) is 47.5 Å². The number of hydrogen-bond acceptors (Lipinski definition) is 6. The zero-order valence-electron chi connectivity index (χ0n) is 17.1. The molecule has 0 saturated heterocycles. The van der Waals surface area contributed by atoms with Crippen molar-refractivity contribution >= 4 is 44.1 Å². The molecule has 0 aliphatic rings. The number of benzene rings is 2. The van der Waals surface area contributed by atoms with Crippen molar-refractivity contribution < 1.29 is 17.9 Å². The number of hydrogen-bond donors (Lipinski definition) is 3. The Kier molecular flexibility index (Phi) is 7.32. The minimum absolute atomic E-state index is 0.0947. The molecule has 0 aliphatic carbocycles. The van der Waals surface area contributed by atoms with Crippen LogP contribution in [0.2, 0.25) is 5.02 Å². The van der Waals surface area contributed by atoms with Gasteiger partial charge in [-0.2, -0.15) is 0 Å². The number of pyridine rings is 1. The van der Waals surface area contributed by atoms with Crippen molar-refractivity contribution in [2.45, 2.75) is 11.8 Å². The lowest BCUT2D eigenvalue weighted by atomic mass is 10.2. The number of sulfonamides is 1. The zero-order chi connectivity index (χ0) is 22.4. The van der Waals surface area contributed by atoms with E-state index in [-0.39, 0.29) is 28.7 Å². The van der Waals surface area contributed by atoms with Crippen molar-refractivity contribution in [3.63, 3.8) is 0 Å². The SMILES string of the molecule is CCNC(=O)c1ccc(OC)c(S(=O)(=O)NCCNc2ccnc3cc(Cl)ccc23)c1. The number of rotatable bonds is 9. The molecule has 1 aromatic heterocycles. The van der Waals surface area contributed by atoms with Gasteiger partial charge in [-0.1, -0.05) is 11.6 Å². The maximum absolute atomic E-state index is 12.8. The van der Waals surface area contributed by atoms with Crippen molar-refractivity contribution in [1.29, 1.82) is 0 Å². The quantitative estimate of drug-likeness (QED) is 0.422. The molecule has 0 radical (unpaired) electrons. The number of nitrogens with zero attached hydrogens (tertiary/aromatic N) is 1. The Morgan fingerprint density at radius 1 is 1.13 bits per heavy atom. The summed E-state index contributed by atoms with van der Waals surface area (Å²) < 4.78 is 33.4. The Hall–Kier alpha value is -2.88. The number of fused-ring (bicyclic) bond motifs is 1. The molecule has 0 fully saturated rings. The first kappa shape index (κ1) is 22.8. The third kappa shape index (κ3) is 5.43. The molecule has 2 aromatic carbocycles. The molecule has 8 nitrogen and oxygen atoms in total. The number of halogens is 1. The van der Waals surface area contributed by atoms with Gasteiger partial charge < -0.3 is 15.4 Å². The molecule has 1 heterocycles. The van der Waals surface area contributed by atoms with Gasteiger partial charge in [-0.05, 0) is 49.4 Å². The standard InChI is InChI=1S/C21H23ClN4O4S/c1-3-23-21(27)14-4-7-19(30-2)20(12-14)31(28,29)26-11-10-25-17-8-9-24-18-13-15(22)5-6-16(17)18/h4-9,12-13,26H,3,10-11H2,1-2H3,(H,23,27)(H,24,25). The van der Waals surface area contributed by atoms with Crippen LogP contribution >= 0.6 is 11.6 Å². The van der Waals surface area contributed by atoms with Gasteiger partial charge in [0.05, 0.1) is 12.6 Å². The van der Waals surface area contributed by atoms with E-state index in [1.165, 1.54) is 25.3 Å². The molecule has 0 saturated carbocycles. The van der Waals surface area contributed by atoms with Crippen LogP contribution in [-0.4, -0.2) is 46.1 Å². The third-order valence-corrected chi connectivity index (χ3v) is 6.21. The Balaban J connectivity index is 1.71. The van der Waals surface area contributed by atoms with Crippen LogP contribution in [0.25, 0.3) is 10.9 Å². The van der Waals surface area contributed by atoms with Crippen LogP contribution in [0.3, 0.4) is 0 Å². The molecule has 0 aliphatic heterocycles. The molecule has 3 rings (SSSR count). The first-order valence-corrected chi connectivity index (χ1v) is 11.5. The smallest absolute Gasteiger partial charge is 0.251 e. The summed E-state index contributed by atoms with van der Waals surface area (Å²) in [7, 11) is -2.52.